The van der Waals surface area contributed by atoms with Crippen molar-refractivity contribution < 1.29 is 18.3 Å². The van der Waals surface area contributed by atoms with Crippen molar-refractivity contribution in [2.24, 2.45) is 0 Å². The van der Waals surface area contributed by atoms with E-state index >= 15 is 0 Å². The smallest absolute Gasteiger partial charge is 0.335 e. The van der Waals surface area contributed by atoms with E-state index in [2.05, 4.69) is 15.5 Å². The molecule has 8 nitrogen and oxygen atoms in total. The molecule has 1 N–H and O–H groups in total. The third-order valence-corrected chi connectivity index (χ3v) is 4.09. The normalized spacial score (nSPS) is 11.4. The third kappa shape index (κ3) is 3.29. The number of nitrogens with zero attached hydrogens (tertiary/aromatic N) is 4. The summed E-state index contributed by atoms with van der Waals surface area (Å²) in [5.41, 5.74) is 0.593. The number of aromatic carboxylic acids is 1. The van der Waals surface area contributed by atoms with Crippen LogP contribution in [0.25, 0.3) is 5.69 Å². The lowest BCUT2D eigenvalue weighted by Gasteiger charge is -2.03. The molecule has 0 bridgehead atoms. The molecule has 0 aliphatic heterocycles. The quantitative estimate of drug-likeness (QED) is 0.807. The first-order chi connectivity index (χ1) is 8.87. The number of hydrogen-bond donors (Lipinski definition) is 1. The molecule has 0 aliphatic rings. The summed E-state index contributed by atoms with van der Waals surface area (Å²) in [6.45, 7) is 0. The van der Waals surface area contributed by atoms with Gasteiger partial charge < -0.3 is 5.11 Å². The van der Waals surface area contributed by atoms with Crippen LogP contribution < -0.4 is 0 Å². The fourth-order valence-electron chi connectivity index (χ4n) is 1.27. The van der Waals surface area contributed by atoms with Crippen molar-refractivity contribution in [1.82, 2.24) is 20.2 Å². The summed E-state index contributed by atoms with van der Waals surface area (Å²) in [5, 5.41) is 19.5. The summed E-state index contributed by atoms with van der Waals surface area (Å²) >= 11 is 0. The van der Waals surface area contributed by atoms with Crippen molar-refractivity contribution in [3.05, 3.63) is 29.8 Å². The fraction of sp³-hybridized carbons (Fsp3) is 0.111. The molecule has 2 aromatic rings. The molecule has 0 radical (unpaired) electrons. The molecule has 0 spiro atoms. The van der Waals surface area contributed by atoms with E-state index in [9.17, 15) is 13.2 Å². The van der Waals surface area contributed by atoms with Crippen LogP contribution in [0.1, 0.15) is 10.4 Å². The SMILES string of the molecule is CS(=O)(=O)Sc1nnnn1-c1ccc(C(=O)O)cc1. The maximum absolute atomic E-state index is 11.2. The molecule has 1 aromatic carbocycles. The van der Waals surface area contributed by atoms with E-state index in [-0.39, 0.29) is 10.7 Å². The van der Waals surface area contributed by atoms with Crippen molar-refractivity contribution >= 4 is 25.6 Å². The minimum atomic E-state index is -3.34. The summed E-state index contributed by atoms with van der Waals surface area (Å²) in [7, 11) is -2.82. The van der Waals surface area contributed by atoms with Gasteiger partial charge in [-0.05, 0) is 34.7 Å². The Kier molecular flexibility index (Phi) is 3.53. The molecule has 1 aromatic heterocycles. The van der Waals surface area contributed by atoms with Crippen LogP contribution in [0.4, 0.5) is 0 Å². The highest BCUT2D eigenvalue weighted by molar-refractivity contribution is 8.71. The van der Waals surface area contributed by atoms with Gasteiger partial charge in [0.2, 0.25) is 14.0 Å². The third-order valence-electron chi connectivity index (χ3n) is 2.03. The Morgan fingerprint density at radius 2 is 1.95 bits per heavy atom. The predicted octanol–water partition coefficient (Wildman–Crippen LogP) is 0.412. The molecular weight excluding hydrogens is 292 g/mol. The zero-order valence-corrected chi connectivity index (χ0v) is 11.2. The predicted molar refractivity (Wildman–Crippen MR) is 66.8 cm³/mol. The van der Waals surface area contributed by atoms with Crippen molar-refractivity contribution in [1.29, 1.82) is 0 Å². The minimum absolute atomic E-state index is 0.0885. The molecule has 0 unspecified atom stereocenters. The highest BCUT2D eigenvalue weighted by Gasteiger charge is 2.15. The Bertz CT molecular complexity index is 708. The van der Waals surface area contributed by atoms with E-state index in [1.165, 1.54) is 28.9 Å². The van der Waals surface area contributed by atoms with Gasteiger partial charge >= 0.3 is 5.97 Å². The first-order valence-electron chi connectivity index (χ1n) is 4.88. The second-order valence-corrected chi connectivity index (χ2v) is 7.77. The van der Waals surface area contributed by atoms with Gasteiger partial charge in [-0.25, -0.2) is 13.2 Å². The Morgan fingerprint density at radius 3 is 2.47 bits per heavy atom. The molecule has 100 valence electrons. The first kappa shape index (κ1) is 13.5. The van der Waals surface area contributed by atoms with Crippen LogP contribution in [0.2, 0.25) is 0 Å². The molecule has 0 saturated carbocycles. The largest absolute Gasteiger partial charge is 0.478 e. The molecule has 0 aliphatic carbocycles. The second-order valence-electron chi connectivity index (χ2n) is 3.51. The number of carboxylic acids is 1. The van der Waals surface area contributed by atoms with Gasteiger partial charge in [0.05, 0.1) is 11.3 Å². The summed E-state index contributed by atoms with van der Waals surface area (Å²) in [6.07, 6.45) is 1.05. The number of carboxylic acid groups (broad SMARTS) is 1. The number of benzene rings is 1. The molecule has 19 heavy (non-hydrogen) atoms. The minimum Gasteiger partial charge on any atom is -0.478 e. The number of carbonyl (C=O) groups is 1. The lowest BCUT2D eigenvalue weighted by Crippen LogP contribution is -2.02. The lowest BCUT2D eigenvalue weighted by molar-refractivity contribution is 0.0697. The van der Waals surface area contributed by atoms with Gasteiger partial charge in [-0.2, -0.15) is 4.68 Å². The van der Waals surface area contributed by atoms with E-state index < -0.39 is 14.8 Å². The molecule has 10 heteroatoms. The fourth-order valence-corrected chi connectivity index (χ4v) is 2.95. The molecular formula is C9H8N4O4S2. The van der Waals surface area contributed by atoms with Crippen LogP contribution in [0.3, 0.4) is 0 Å². The average Bonchev–Trinajstić information content (AvgIpc) is 2.75. The van der Waals surface area contributed by atoms with Crippen molar-refractivity contribution in [2.75, 3.05) is 6.26 Å². The standard InChI is InChI=1S/C9H8N4O4S2/c1-19(16,17)18-9-10-11-12-13(9)7-4-2-6(3-5-7)8(14)15/h2-5H,1H3,(H,14,15). The van der Waals surface area contributed by atoms with Crippen LogP contribution in [0.5, 0.6) is 0 Å². The molecule has 0 saturated heterocycles. The molecule has 2 rings (SSSR count). The van der Waals surface area contributed by atoms with E-state index in [1.807, 2.05) is 0 Å². The lowest BCUT2D eigenvalue weighted by atomic mass is 10.2. The topological polar surface area (TPSA) is 115 Å². The second kappa shape index (κ2) is 4.97. The monoisotopic (exact) mass is 300 g/mol. The first-order valence-corrected chi connectivity index (χ1v) is 8.11. The summed E-state index contributed by atoms with van der Waals surface area (Å²) in [4.78, 5) is 10.7. The maximum Gasteiger partial charge on any atom is 0.335 e. The number of hydrogen-bond acceptors (Lipinski definition) is 7. The van der Waals surface area contributed by atoms with Crippen LogP contribution in [0, 0.1) is 0 Å². The Balaban J connectivity index is 2.37. The molecule has 0 fully saturated rings. The van der Waals surface area contributed by atoms with Gasteiger partial charge in [-0.15, -0.1) is 5.10 Å². The summed E-state index contributed by atoms with van der Waals surface area (Å²) in [6, 6.07) is 5.75. The average molecular weight is 300 g/mol. The molecule has 0 amide bonds. The summed E-state index contributed by atoms with van der Waals surface area (Å²) < 4.78 is 23.6. The van der Waals surface area contributed by atoms with E-state index in [1.54, 1.807) is 0 Å². The van der Waals surface area contributed by atoms with Gasteiger partial charge in [-0.3, -0.25) is 0 Å². The zero-order chi connectivity index (χ0) is 14.0. The van der Waals surface area contributed by atoms with Crippen LogP contribution in [-0.4, -0.2) is 46.0 Å². The molecule has 1 heterocycles. The van der Waals surface area contributed by atoms with Crippen molar-refractivity contribution in [3.63, 3.8) is 0 Å². The zero-order valence-electron chi connectivity index (χ0n) is 9.59. The van der Waals surface area contributed by atoms with Crippen LogP contribution >= 0.6 is 10.8 Å². The Hall–Kier alpha value is -1.94. The Labute approximate surface area is 111 Å². The maximum atomic E-state index is 11.2. The van der Waals surface area contributed by atoms with Crippen molar-refractivity contribution in [3.8, 4) is 5.69 Å². The van der Waals surface area contributed by atoms with E-state index in [0.29, 0.717) is 16.5 Å². The summed E-state index contributed by atoms with van der Waals surface area (Å²) in [5.74, 6) is -1.05. The number of rotatable bonds is 4. The van der Waals surface area contributed by atoms with Crippen LogP contribution in [-0.2, 0) is 8.87 Å². The van der Waals surface area contributed by atoms with Gasteiger partial charge in [0.15, 0.2) is 0 Å². The van der Waals surface area contributed by atoms with Gasteiger partial charge in [-0.1, -0.05) is 0 Å². The van der Waals surface area contributed by atoms with Crippen molar-refractivity contribution in [2.45, 2.75) is 5.16 Å². The molecule has 0 atom stereocenters. The Morgan fingerprint density at radius 1 is 1.32 bits per heavy atom. The van der Waals surface area contributed by atoms with Crippen LogP contribution in [0.15, 0.2) is 29.4 Å². The number of tetrazole rings is 1. The van der Waals surface area contributed by atoms with E-state index in [4.69, 9.17) is 5.11 Å². The van der Waals surface area contributed by atoms with Gasteiger partial charge in [0.25, 0.3) is 0 Å². The highest BCUT2D eigenvalue weighted by atomic mass is 33.1. The van der Waals surface area contributed by atoms with Gasteiger partial charge in [0.1, 0.15) is 0 Å². The number of aromatic nitrogens is 4. The highest BCUT2D eigenvalue weighted by Crippen LogP contribution is 2.22. The van der Waals surface area contributed by atoms with Gasteiger partial charge in [0, 0.05) is 17.0 Å². The van der Waals surface area contributed by atoms with E-state index in [0.717, 1.165) is 6.26 Å².